The second kappa shape index (κ2) is 6.22. The molecule has 0 radical (unpaired) electrons. The van der Waals surface area contributed by atoms with Gasteiger partial charge in [-0.1, -0.05) is 0 Å². The van der Waals surface area contributed by atoms with Crippen LogP contribution in [0, 0.1) is 0 Å². The minimum Gasteiger partial charge on any atom is -0.273 e. The summed E-state index contributed by atoms with van der Waals surface area (Å²) < 4.78 is 2.35. The standard InChI is InChI=1S/C13H13BrN6O2/c14-9-7-15-20(8-9)11-5-4-10(16-17-11)13(22)18-19-6-2-1-3-12(19)21/h4-5,7-8H,1-3,6H2,(H,18,22). The highest BCUT2D eigenvalue weighted by Gasteiger charge is 2.21. The minimum atomic E-state index is -0.448. The Bertz CT molecular complexity index is 699. The van der Waals surface area contributed by atoms with E-state index in [0.717, 1.165) is 17.3 Å². The van der Waals surface area contributed by atoms with Crippen LogP contribution in [0.1, 0.15) is 29.8 Å². The molecule has 0 atom stereocenters. The third-order valence-electron chi connectivity index (χ3n) is 3.23. The quantitative estimate of drug-likeness (QED) is 0.879. The first-order chi connectivity index (χ1) is 10.6. The van der Waals surface area contributed by atoms with E-state index in [1.165, 1.54) is 9.69 Å². The van der Waals surface area contributed by atoms with E-state index in [4.69, 9.17) is 0 Å². The first-order valence-electron chi connectivity index (χ1n) is 6.79. The van der Waals surface area contributed by atoms with Crippen LogP contribution in [0.4, 0.5) is 0 Å². The van der Waals surface area contributed by atoms with Gasteiger partial charge < -0.3 is 0 Å². The Kier molecular flexibility index (Phi) is 4.14. The zero-order chi connectivity index (χ0) is 15.5. The topological polar surface area (TPSA) is 93.0 Å². The second-order valence-electron chi connectivity index (χ2n) is 4.82. The number of nitrogens with zero attached hydrogens (tertiary/aromatic N) is 5. The Morgan fingerprint density at radius 3 is 2.77 bits per heavy atom. The largest absolute Gasteiger partial charge is 0.290 e. The Hall–Kier alpha value is -2.29. The van der Waals surface area contributed by atoms with E-state index in [9.17, 15) is 9.59 Å². The molecule has 0 aliphatic carbocycles. The van der Waals surface area contributed by atoms with Gasteiger partial charge in [0, 0.05) is 19.2 Å². The van der Waals surface area contributed by atoms with Crippen molar-refractivity contribution in [1.29, 1.82) is 0 Å². The first kappa shape index (κ1) is 14.6. The van der Waals surface area contributed by atoms with Gasteiger partial charge in [-0.15, -0.1) is 10.2 Å². The lowest BCUT2D eigenvalue weighted by atomic mass is 10.1. The highest BCUT2D eigenvalue weighted by Crippen LogP contribution is 2.11. The molecule has 1 aliphatic heterocycles. The summed E-state index contributed by atoms with van der Waals surface area (Å²) in [5.74, 6) is -0.0298. The van der Waals surface area contributed by atoms with Crippen molar-refractivity contribution in [3.05, 3.63) is 34.7 Å². The Morgan fingerprint density at radius 2 is 2.14 bits per heavy atom. The number of halogens is 1. The van der Waals surface area contributed by atoms with E-state index < -0.39 is 5.91 Å². The Morgan fingerprint density at radius 1 is 1.27 bits per heavy atom. The number of carbonyl (C=O) groups excluding carboxylic acids is 2. The number of nitrogens with one attached hydrogen (secondary N) is 1. The van der Waals surface area contributed by atoms with Crippen molar-refractivity contribution in [1.82, 2.24) is 30.4 Å². The van der Waals surface area contributed by atoms with Crippen LogP contribution in [0.2, 0.25) is 0 Å². The molecule has 1 aliphatic rings. The van der Waals surface area contributed by atoms with Crippen molar-refractivity contribution < 1.29 is 9.59 Å². The molecule has 3 heterocycles. The summed E-state index contributed by atoms with van der Waals surface area (Å²) in [4.78, 5) is 23.7. The second-order valence-corrected chi connectivity index (χ2v) is 5.74. The molecule has 114 valence electrons. The lowest BCUT2D eigenvalue weighted by molar-refractivity contribution is -0.135. The van der Waals surface area contributed by atoms with Crippen molar-refractivity contribution in [2.24, 2.45) is 0 Å². The zero-order valence-corrected chi connectivity index (χ0v) is 13.2. The molecule has 0 saturated carbocycles. The fourth-order valence-electron chi connectivity index (χ4n) is 2.10. The normalized spacial score (nSPS) is 15.0. The average molecular weight is 365 g/mol. The molecule has 2 aromatic rings. The van der Waals surface area contributed by atoms with Crippen molar-refractivity contribution in [3.63, 3.8) is 0 Å². The fourth-order valence-corrected chi connectivity index (χ4v) is 2.38. The monoisotopic (exact) mass is 364 g/mol. The number of carbonyl (C=O) groups is 2. The molecule has 0 aromatic carbocycles. The molecular formula is C13H13BrN6O2. The molecule has 2 aromatic heterocycles. The number of aromatic nitrogens is 4. The summed E-state index contributed by atoms with van der Waals surface area (Å²) in [6.45, 7) is 0.525. The molecule has 0 unspecified atom stereocenters. The molecule has 1 fully saturated rings. The number of hydrogen-bond donors (Lipinski definition) is 1. The van der Waals surface area contributed by atoms with Gasteiger partial charge in [0.1, 0.15) is 0 Å². The lowest BCUT2D eigenvalue weighted by Crippen LogP contribution is -2.48. The number of rotatable bonds is 3. The van der Waals surface area contributed by atoms with Crippen LogP contribution in [0.25, 0.3) is 5.82 Å². The predicted molar refractivity (Wildman–Crippen MR) is 79.9 cm³/mol. The highest BCUT2D eigenvalue weighted by atomic mass is 79.9. The van der Waals surface area contributed by atoms with Crippen LogP contribution in [-0.4, -0.2) is 43.3 Å². The summed E-state index contributed by atoms with van der Waals surface area (Å²) in [6, 6.07) is 3.18. The highest BCUT2D eigenvalue weighted by molar-refractivity contribution is 9.10. The van der Waals surface area contributed by atoms with E-state index in [-0.39, 0.29) is 11.6 Å². The van der Waals surface area contributed by atoms with Crippen LogP contribution in [0.15, 0.2) is 29.0 Å². The van der Waals surface area contributed by atoms with Crippen molar-refractivity contribution >= 4 is 27.7 Å². The smallest absolute Gasteiger partial charge is 0.273 e. The van der Waals surface area contributed by atoms with E-state index in [0.29, 0.717) is 18.8 Å². The molecule has 2 amide bonds. The van der Waals surface area contributed by atoms with Gasteiger partial charge in [0.15, 0.2) is 11.5 Å². The van der Waals surface area contributed by atoms with E-state index >= 15 is 0 Å². The van der Waals surface area contributed by atoms with Gasteiger partial charge in [0.25, 0.3) is 5.91 Å². The maximum atomic E-state index is 12.1. The Balaban J connectivity index is 1.69. The summed E-state index contributed by atoms with van der Waals surface area (Å²) in [5, 5.41) is 13.3. The fraction of sp³-hybridized carbons (Fsp3) is 0.308. The molecule has 0 spiro atoms. The van der Waals surface area contributed by atoms with Gasteiger partial charge in [-0.25, -0.2) is 4.68 Å². The van der Waals surface area contributed by atoms with Gasteiger partial charge in [-0.2, -0.15) is 5.10 Å². The van der Waals surface area contributed by atoms with Crippen molar-refractivity contribution in [3.8, 4) is 5.82 Å². The Labute approximate surface area is 134 Å². The molecule has 22 heavy (non-hydrogen) atoms. The van der Waals surface area contributed by atoms with Gasteiger partial charge >= 0.3 is 0 Å². The summed E-state index contributed by atoms with van der Waals surface area (Å²) >= 11 is 3.29. The van der Waals surface area contributed by atoms with Crippen LogP contribution < -0.4 is 5.43 Å². The molecule has 1 N–H and O–H groups in total. The van der Waals surface area contributed by atoms with Crippen LogP contribution in [-0.2, 0) is 4.79 Å². The first-order valence-corrected chi connectivity index (χ1v) is 7.58. The maximum absolute atomic E-state index is 12.1. The SMILES string of the molecule is O=C(NN1CCCCC1=O)c1ccc(-n2cc(Br)cn2)nn1. The van der Waals surface area contributed by atoms with Crippen LogP contribution in [0.5, 0.6) is 0 Å². The van der Waals surface area contributed by atoms with Gasteiger partial charge in [-0.3, -0.25) is 20.0 Å². The molecule has 3 rings (SSSR count). The lowest BCUT2D eigenvalue weighted by Gasteiger charge is -2.26. The third-order valence-corrected chi connectivity index (χ3v) is 3.64. The molecule has 8 nitrogen and oxygen atoms in total. The average Bonchev–Trinajstić information content (AvgIpc) is 2.96. The van der Waals surface area contributed by atoms with E-state index in [1.807, 2.05) is 0 Å². The maximum Gasteiger partial charge on any atom is 0.290 e. The molecule has 9 heteroatoms. The van der Waals surface area contributed by atoms with Crippen molar-refractivity contribution in [2.75, 3.05) is 6.54 Å². The minimum absolute atomic E-state index is 0.0782. The summed E-state index contributed by atoms with van der Waals surface area (Å²) in [7, 11) is 0. The van der Waals surface area contributed by atoms with E-state index in [1.54, 1.807) is 24.5 Å². The zero-order valence-electron chi connectivity index (χ0n) is 11.6. The van der Waals surface area contributed by atoms with Gasteiger partial charge in [-0.05, 0) is 40.9 Å². The molecule has 0 bridgehead atoms. The molecule has 1 saturated heterocycles. The summed E-state index contributed by atoms with van der Waals surface area (Å²) in [5.41, 5.74) is 2.71. The number of piperidine rings is 1. The number of hydrogen-bond acceptors (Lipinski definition) is 5. The van der Waals surface area contributed by atoms with Crippen LogP contribution >= 0.6 is 15.9 Å². The van der Waals surface area contributed by atoms with Crippen molar-refractivity contribution in [2.45, 2.75) is 19.3 Å². The third kappa shape index (κ3) is 3.14. The predicted octanol–water partition coefficient (Wildman–Crippen LogP) is 1.08. The van der Waals surface area contributed by atoms with Gasteiger partial charge in [0.2, 0.25) is 5.91 Å². The van der Waals surface area contributed by atoms with Gasteiger partial charge in [0.05, 0.1) is 10.7 Å². The molecular weight excluding hydrogens is 352 g/mol. The number of hydrazine groups is 1. The van der Waals surface area contributed by atoms with Crippen LogP contribution in [0.3, 0.4) is 0 Å². The summed E-state index contributed by atoms with van der Waals surface area (Å²) in [6.07, 6.45) is 5.56. The van der Waals surface area contributed by atoms with E-state index in [2.05, 4.69) is 36.7 Å². The number of amides is 2.